The zero-order chi connectivity index (χ0) is 12.8. The number of hydrogen-bond donors (Lipinski definition) is 1. The fraction of sp³-hybridized carbons (Fsp3) is 0.625. The summed E-state index contributed by atoms with van der Waals surface area (Å²) in [6.07, 6.45) is 1.36. The summed E-state index contributed by atoms with van der Waals surface area (Å²) in [6.45, 7) is 10.6. The molecule has 1 aliphatic rings. The van der Waals surface area contributed by atoms with Crippen molar-refractivity contribution in [3.05, 3.63) is 35.9 Å². The van der Waals surface area contributed by atoms with E-state index in [1.165, 1.54) is 38.2 Å². The fourth-order valence-electron chi connectivity index (χ4n) is 2.77. The largest absolute Gasteiger partial charge is 0.316 e. The van der Waals surface area contributed by atoms with E-state index < -0.39 is 0 Å². The minimum Gasteiger partial charge on any atom is -0.316 e. The summed E-state index contributed by atoms with van der Waals surface area (Å²) in [7, 11) is 0. The van der Waals surface area contributed by atoms with Crippen molar-refractivity contribution in [2.45, 2.75) is 26.2 Å². The third-order valence-corrected chi connectivity index (χ3v) is 4.07. The Kier molecular flexibility index (Phi) is 5.21. The molecule has 0 amide bonds. The van der Waals surface area contributed by atoms with Crippen LogP contribution in [0.5, 0.6) is 0 Å². The summed E-state index contributed by atoms with van der Waals surface area (Å²) in [5, 5.41) is 3.64. The summed E-state index contributed by atoms with van der Waals surface area (Å²) >= 11 is 0. The van der Waals surface area contributed by atoms with Gasteiger partial charge in [0.05, 0.1) is 0 Å². The summed E-state index contributed by atoms with van der Waals surface area (Å²) in [6, 6.07) is 10.8. The minimum atomic E-state index is 0.606. The van der Waals surface area contributed by atoms with Crippen LogP contribution in [0.1, 0.15) is 31.7 Å². The summed E-state index contributed by atoms with van der Waals surface area (Å²) in [5.74, 6) is 1.46. The summed E-state index contributed by atoms with van der Waals surface area (Å²) in [4.78, 5) is 2.55. The molecule has 0 aliphatic carbocycles. The van der Waals surface area contributed by atoms with Gasteiger partial charge in [-0.25, -0.2) is 0 Å². The van der Waals surface area contributed by atoms with Gasteiger partial charge < -0.3 is 10.2 Å². The average Bonchev–Trinajstić information content (AvgIpc) is 2.87. The normalized spacial score (nSPS) is 22.2. The standard InChI is InChI=1S/C16H26N2/c1-3-18-10-9-15(13-18)12-17-11-14(2)16-7-5-4-6-8-16/h4-8,14-15,17H,3,9-13H2,1-2H3. The molecule has 0 bridgehead atoms. The van der Waals surface area contributed by atoms with E-state index in [0.29, 0.717) is 5.92 Å². The van der Waals surface area contributed by atoms with Crippen LogP contribution in [0.3, 0.4) is 0 Å². The highest BCUT2D eigenvalue weighted by atomic mass is 15.1. The van der Waals surface area contributed by atoms with Crippen LogP contribution in [0.15, 0.2) is 30.3 Å². The van der Waals surface area contributed by atoms with Crippen molar-refractivity contribution in [2.24, 2.45) is 5.92 Å². The van der Waals surface area contributed by atoms with Crippen molar-refractivity contribution in [1.82, 2.24) is 10.2 Å². The molecule has 0 saturated carbocycles. The van der Waals surface area contributed by atoms with E-state index in [9.17, 15) is 0 Å². The number of nitrogens with zero attached hydrogens (tertiary/aromatic N) is 1. The number of rotatable bonds is 6. The third-order valence-electron chi connectivity index (χ3n) is 4.07. The van der Waals surface area contributed by atoms with Gasteiger partial charge in [-0.2, -0.15) is 0 Å². The first-order valence-corrected chi connectivity index (χ1v) is 7.27. The van der Waals surface area contributed by atoms with Gasteiger partial charge in [0.1, 0.15) is 0 Å². The molecule has 1 aliphatic heterocycles. The molecular weight excluding hydrogens is 220 g/mol. The van der Waals surface area contributed by atoms with Crippen LogP contribution < -0.4 is 5.32 Å². The predicted octanol–water partition coefficient (Wildman–Crippen LogP) is 2.72. The van der Waals surface area contributed by atoms with E-state index in [4.69, 9.17) is 0 Å². The lowest BCUT2D eigenvalue weighted by Crippen LogP contribution is -2.28. The van der Waals surface area contributed by atoms with Gasteiger partial charge in [0, 0.05) is 13.1 Å². The second-order valence-corrected chi connectivity index (χ2v) is 5.52. The van der Waals surface area contributed by atoms with Crippen LogP contribution >= 0.6 is 0 Å². The molecule has 2 nitrogen and oxygen atoms in total. The van der Waals surface area contributed by atoms with Crippen LogP contribution in [0.2, 0.25) is 0 Å². The van der Waals surface area contributed by atoms with Crippen molar-refractivity contribution in [1.29, 1.82) is 0 Å². The molecule has 1 aromatic rings. The van der Waals surface area contributed by atoms with Gasteiger partial charge in [-0.05, 0) is 43.5 Å². The first kappa shape index (κ1) is 13.6. The van der Waals surface area contributed by atoms with Crippen molar-refractivity contribution < 1.29 is 0 Å². The first-order chi connectivity index (χ1) is 8.79. The van der Waals surface area contributed by atoms with Crippen molar-refractivity contribution >= 4 is 0 Å². The molecule has 0 radical (unpaired) electrons. The lowest BCUT2D eigenvalue weighted by Gasteiger charge is -2.16. The Bertz CT molecular complexity index is 336. The summed E-state index contributed by atoms with van der Waals surface area (Å²) < 4.78 is 0. The molecule has 0 spiro atoms. The van der Waals surface area contributed by atoms with E-state index in [-0.39, 0.29) is 0 Å². The lowest BCUT2D eigenvalue weighted by atomic mass is 10.0. The van der Waals surface area contributed by atoms with E-state index in [2.05, 4.69) is 54.4 Å². The topological polar surface area (TPSA) is 15.3 Å². The Labute approximate surface area is 111 Å². The van der Waals surface area contributed by atoms with Gasteiger partial charge in [-0.1, -0.05) is 44.2 Å². The lowest BCUT2D eigenvalue weighted by molar-refractivity contribution is 0.338. The van der Waals surface area contributed by atoms with Gasteiger partial charge in [-0.3, -0.25) is 0 Å². The molecular formula is C16H26N2. The van der Waals surface area contributed by atoms with Crippen LogP contribution in [0.4, 0.5) is 0 Å². The molecule has 2 rings (SSSR count). The maximum atomic E-state index is 3.64. The number of hydrogen-bond acceptors (Lipinski definition) is 2. The number of likely N-dealkylation sites (tertiary alicyclic amines) is 1. The van der Waals surface area contributed by atoms with Crippen molar-refractivity contribution in [3.63, 3.8) is 0 Å². The maximum Gasteiger partial charge on any atom is 0.00222 e. The smallest absolute Gasteiger partial charge is 0.00222 e. The minimum absolute atomic E-state index is 0.606. The molecule has 1 saturated heterocycles. The predicted molar refractivity (Wildman–Crippen MR) is 77.9 cm³/mol. The van der Waals surface area contributed by atoms with Crippen LogP contribution in [0, 0.1) is 5.92 Å². The second kappa shape index (κ2) is 6.91. The van der Waals surface area contributed by atoms with Crippen LogP contribution in [-0.4, -0.2) is 37.6 Å². The molecule has 100 valence electrons. The summed E-state index contributed by atoms with van der Waals surface area (Å²) in [5.41, 5.74) is 1.44. The second-order valence-electron chi connectivity index (χ2n) is 5.52. The Morgan fingerprint density at radius 2 is 2.11 bits per heavy atom. The Hall–Kier alpha value is -0.860. The molecule has 1 aromatic carbocycles. The van der Waals surface area contributed by atoms with Gasteiger partial charge in [0.2, 0.25) is 0 Å². The SMILES string of the molecule is CCN1CCC(CNCC(C)c2ccccc2)C1. The first-order valence-electron chi connectivity index (χ1n) is 7.27. The highest BCUT2D eigenvalue weighted by Gasteiger charge is 2.20. The fourth-order valence-corrected chi connectivity index (χ4v) is 2.77. The average molecular weight is 246 g/mol. The van der Waals surface area contributed by atoms with Crippen molar-refractivity contribution in [2.75, 3.05) is 32.7 Å². The third kappa shape index (κ3) is 3.82. The molecule has 1 fully saturated rings. The molecule has 0 aromatic heterocycles. The molecule has 1 N–H and O–H groups in total. The Balaban J connectivity index is 1.67. The van der Waals surface area contributed by atoms with Gasteiger partial charge in [-0.15, -0.1) is 0 Å². The Morgan fingerprint density at radius 1 is 1.33 bits per heavy atom. The van der Waals surface area contributed by atoms with E-state index in [0.717, 1.165) is 12.5 Å². The molecule has 1 heterocycles. The highest BCUT2D eigenvalue weighted by Crippen LogP contribution is 2.16. The van der Waals surface area contributed by atoms with E-state index in [1.807, 2.05) is 0 Å². The van der Waals surface area contributed by atoms with Gasteiger partial charge in [0.15, 0.2) is 0 Å². The van der Waals surface area contributed by atoms with Crippen LogP contribution in [0.25, 0.3) is 0 Å². The molecule has 2 heteroatoms. The highest BCUT2D eigenvalue weighted by molar-refractivity contribution is 5.18. The molecule has 18 heavy (non-hydrogen) atoms. The van der Waals surface area contributed by atoms with E-state index >= 15 is 0 Å². The molecule has 2 unspecified atom stereocenters. The monoisotopic (exact) mass is 246 g/mol. The Morgan fingerprint density at radius 3 is 2.78 bits per heavy atom. The zero-order valence-corrected chi connectivity index (χ0v) is 11.7. The zero-order valence-electron chi connectivity index (χ0n) is 11.7. The number of benzene rings is 1. The van der Waals surface area contributed by atoms with E-state index in [1.54, 1.807) is 0 Å². The number of nitrogens with one attached hydrogen (secondary N) is 1. The molecule has 2 atom stereocenters. The maximum absolute atomic E-state index is 3.64. The van der Waals surface area contributed by atoms with Crippen LogP contribution in [-0.2, 0) is 0 Å². The van der Waals surface area contributed by atoms with Gasteiger partial charge >= 0.3 is 0 Å². The van der Waals surface area contributed by atoms with Gasteiger partial charge in [0.25, 0.3) is 0 Å². The van der Waals surface area contributed by atoms with Crippen molar-refractivity contribution in [3.8, 4) is 0 Å². The quantitative estimate of drug-likeness (QED) is 0.830.